The van der Waals surface area contributed by atoms with E-state index in [4.69, 9.17) is 10.5 Å². The minimum absolute atomic E-state index is 0.0260. The molecule has 0 amide bonds. The summed E-state index contributed by atoms with van der Waals surface area (Å²) in [6, 6.07) is 10.3. The molecule has 0 bridgehead atoms. The molecule has 2 unspecified atom stereocenters. The molecule has 0 saturated heterocycles. The molecule has 2 heteroatoms. The average molecular weight is 221 g/mol. The van der Waals surface area contributed by atoms with Crippen LogP contribution >= 0.6 is 0 Å². The van der Waals surface area contributed by atoms with Crippen LogP contribution in [0.4, 0.5) is 0 Å². The minimum atomic E-state index is 0.0260. The lowest BCUT2D eigenvalue weighted by molar-refractivity contribution is 0.0360. The first-order valence-electron chi connectivity index (χ1n) is 6.17. The fourth-order valence-electron chi connectivity index (χ4n) is 1.76. The lowest BCUT2D eigenvalue weighted by atomic mass is 10.0. The third kappa shape index (κ3) is 4.33. The number of unbranched alkanes of at least 4 members (excludes halogenated alkanes) is 2. The molecule has 0 radical (unpaired) electrons. The van der Waals surface area contributed by atoms with Gasteiger partial charge in [-0.25, -0.2) is 0 Å². The quantitative estimate of drug-likeness (QED) is 0.717. The Hall–Kier alpha value is -0.860. The molecule has 1 aromatic carbocycles. The first kappa shape index (κ1) is 13.2. The van der Waals surface area contributed by atoms with E-state index in [9.17, 15) is 0 Å². The van der Waals surface area contributed by atoms with Crippen molar-refractivity contribution in [1.82, 2.24) is 0 Å². The van der Waals surface area contributed by atoms with Crippen LogP contribution in [-0.4, -0.2) is 12.6 Å². The Labute approximate surface area is 98.8 Å². The molecule has 2 atom stereocenters. The van der Waals surface area contributed by atoms with Gasteiger partial charge in [-0.2, -0.15) is 0 Å². The van der Waals surface area contributed by atoms with Gasteiger partial charge >= 0.3 is 0 Å². The monoisotopic (exact) mass is 221 g/mol. The standard InChI is InChI=1S/C14H23NO/c1-3-4-8-11-16-14(12(2)15)13-9-6-5-7-10-13/h5-7,9-10,12,14H,3-4,8,11,15H2,1-2H3. The third-order valence-corrected chi connectivity index (χ3v) is 2.65. The maximum absolute atomic E-state index is 5.96. The summed E-state index contributed by atoms with van der Waals surface area (Å²) >= 11 is 0. The Morgan fingerprint density at radius 1 is 1.19 bits per heavy atom. The molecule has 0 aliphatic carbocycles. The van der Waals surface area contributed by atoms with Crippen molar-refractivity contribution in [3.05, 3.63) is 35.9 Å². The normalized spacial score (nSPS) is 14.7. The van der Waals surface area contributed by atoms with Gasteiger partial charge in [0, 0.05) is 12.6 Å². The second kappa shape index (κ2) is 7.42. The minimum Gasteiger partial charge on any atom is -0.372 e. The second-order valence-electron chi connectivity index (χ2n) is 4.27. The molecule has 0 heterocycles. The summed E-state index contributed by atoms with van der Waals surface area (Å²) in [4.78, 5) is 0. The van der Waals surface area contributed by atoms with Gasteiger partial charge in [-0.3, -0.25) is 0 Å². The van der Waals surface area contributed by atoms with E-state index in [1.165, 1.54) is 18.4 Å². The van der Waals surface area contributed by atoms with Crippen LogP contribution in [-0.2, 0) is 4.74 Å². The highest BCUT2D eigenvalue weighted by atomic mass is 16.5. The Morgan fingerprint density at radius 2 is 1.88 bits per heavy atom. The van der Waals surface area contributed by atoms with Crippen molar-refractivity contribution < 1.29 is 4.74 Å². The molecule has 1 rings (SSSR count). The van der Waals surface area contributed by atoms with E-state index in [0.717, 1.165) is 13.0 Å². The van der Waals surface area contributed by atoms with Crippen molar-refractivity contribution in [2.24, 2.45) is 5.73 Å². The smallest absolute Gasteiger partial charge is 0.0972 e. The molecule has 0 spiro atoms. The van der Waals surface area contributed by atoms with Gasteiger partial charge in [0.1, 0.15) is 0 Å². The first-order chi connectivity index (χ1) is 7.75. The molecule has 90 valence electrons. The molecule has 2 nitrogen and oxygen atoms in total. The van der Waals surface area contributed by atoms with Gasteiger partial charge in [0.15, 0.2) is 0 Å². The largest absolute Gasteiger partial charge is 0.372 e. The predicted molar refractivity (Wildman–Crippen MR) is 68.3 cm³/mol. The maximum atomic E-state index is 5.96. The molecule has 0 fully saturated rings. The molecule has 1 aromatic rings. The summed E-state index contributed by atoms with van der Waals surface area (Å²) in [5.41, 5.74) is 7.13. The van der Waals surface area contributed by atoms with Crippen LogP contribution in [0.1, 0.15) is 44.8 Å². The molecular formula is C14H23NO. The maximum Gasteiger partial charge on any atom is 0.0972 e. The zero-order valence-corrected chi connectivity index (χ0v) is 10.4. The average Bonchev–Trinajstić information content (AvgIpc) is 2.30. The molecule has 2 N–H and O–H groups in total. The SMILES string of the molecule is CCCCCOC(c1ccccc1)C(C)N. The van der Waals surface area contributed by atoms with Gasteiger partial charge in [0.05, 0.1) is 6.10 Å². The van der Waals surface area contributed by atoms with Crippen LogP contribution in [0.25, 0.3) is 0 Å². The van der Waals surface area contributed by atoms with Gasteiger partial charge in [0.2, 0.25) is 0 Å². The van der Waals surface area contributed by atoms with Gasteiger partial charge in [-0.15, -0.1) is 0 Å². The zero-order chi connectivity index (χ0) is 11.8. The van der Waals surface area contributed by atoms with Crippen molar-refractivity contribution in [2.45, 2.75) is 45.3 Å². The molecule has 0 saturated carbocycles. The number of hydrogen-bond acceptors (Lipinski definition) is 2. The first-order valence-corrected chi connectivity index (χ1v) is 6.17. The van der Waals surface area contributed by atoms with E-state index in [0.29, 0.717) is 0 Å². The Kier molecular flexibility index (Phi) is 6.12. The highest BCUT2D eigenvalue weighted by molar-refractivity contribution is 5.18. The Morgan fingerprint density at radius 3 is 2.44 bits per heavy atom. The number of nitrogens with two attached hydrogens (primary N) is 1. The fourth-order valence-corrected chi connectivity index (χ4v) is 1.76. The van der Waals surface area contributed by atoms with Crippen molar-refractivity contribution in [3.8, 4) is 0 Å². The summed E-state index contributed by atoms with van der Waals surface area (Å²) < 4.78 is 5.87. The molecular weight excluding hydrogens is 198 g/mol. The second-order valence-corrected chi connectivity index (χ2v) is 4.27. The summed E-state index contributed by atoms with van der Waals surface area (Å²) in [6.45, 7) is 4.99. The summed E-state index contributed by atoms with van der Waals surface area (Å²) in [5.74, 6) is 0. The fraction of sp³-hybridized carbons (Fsp3) is 0.571. The van der Waals surface area contributed by atoms with E-state index < -0.39 is 0 Å². The molecule has 0 aliphatic rings. The van der Waals surface area contributed by atoms with E-state index in [-0.39, 0.29) is 12.1 Å². The lowest BCUT2D eigenvalue weighted by Crippen LogP contribution is -2.27. The van der Waals surface area contributed by atoms with E-state index in [2.05, 4.69) is 19.1 Å². The van der Waals surface area contributed by atoms with Crippen molar-refractivity contribution >= 4 is 0 Å². The lowest BCUT2D eigenvalue weighted by Gasteiger charge is -2.21. The van der Waals surface area contributed by atoms with Crippen LogP contribution in [0, 0.1) is 0 Å². The van der Waals surface area contributed by atoms with Gasteiger partial charge < -0.3 is 10.5 Å². The summed E-state index contributed by atoms with van der Waals surface area (Å²) in [5, 5.41) is 0. The number of ether oxygens (including phenoxy) is 1. The highest BCUT2D eigenvalue weighted by Gasteiger charge is 2.15. The molecule has 0 aromatic heterocycles. The Balaban J connectivity index is 2.49. The number of benzene rings is 1. The van der Waals surface area contributed by atoms with Gasteiger partial charge in [-0.1, -0.05) is 50.1 Å². The van der Waals surface area contributed by atoms with Crippen molar-refractivity contribution in [2.75, 3.05) is 6.61 Å². The topological polar surface area (TPSA) is 35.2 Å². The highest BCUT2D eigenvalue weighted by Crippen LogP contribution is 2.20. The number of rotatable bonds is 7. The third-order valence-electron chi connectivity index (χ3n) is 2.65. The van der Waals surface area contributed by atoms with Crippen LogP contribution in [0.2, 0.25) is 0 Å². The summed E-state index contributed by atoms with van der Waals surface area (Å²) in [6.07, 6.45) is 3.59. The van der Waals surface area contributed by atoms with Gasteiger partial charge in [0.25, 0.3) is 0 Å². The van der Waals surface area contributed by atoms with E-state index >= 15 is 0 Å². The van der Waals surface area contributed by atoms with Crippen molar-refractivity contribution in [1.29, 1.82) is 0 Å². The van der Waals surface area contributed by atoms with Crippen LogP contribution < -0.4 is 5.73 Å². The summed E-state index contributed by atoms with van der Waals surface area (Å²) in [7, 11) is 0. The van der Waals surface area contributed by atoms with E-state index in [1.807, 2.05) is 25.1 Å². The Bertz CT molecular complexity index is 271. The predicted octanol–water partition coefficient (Wildman–Crippen LogP) is 3.28. The zero-order valence-electron chi connectivity index (χ0n) is 10.4. The van der Waals surface area contributed by atoms with Gasteiger partial charge in [-0.05, 0) is 18.9 Å². The van der Waals surface area contributed by atoms with Crippen LogP contribution in [0.3, 0.4) is 0 Å². The molecule has 16 heavy (non-hydrogen) atoms. The van der Waals surface area contributed by atoms with Crippen molar-refractivity contribution in [3.63, 3.8) is 0 Å². The van der Waals surface area contributed by atoms with E-state index in [1.54, 1.807) is 0 Å². The van der Waals surface area contributed by atoms with Crippen LogP contribution in [0.5, 0.6) is 0 Å². The number of hydrogen-bond donors (Lipinski definition) is 1. The molecule has 0 aliphatic heterocycles. The van der Waals surface area contributed by atoms with Crippen LogP contribution in [0.15, 0.2) is 30.3 Å².